The van der Waals surface area contributed by atoms with E-state index < -0.39 is 6.09 Å². The number of carbonyl (C=O) groups excluding carboxylic acids is 1. The maximum atomic E-state index is 11.2. The van der Waals surface area contributed by atoms with E-state index in [4.69, 9.17) is 9.26 Å². The van der Waals surface area contributed by atoms with Gasteiger partial charge in [-0.2, -0.15) is 4.98 Å². The van der Waals surface area contributed by atoms with Crippen molar-refractivity contribution >= 4 is 17.4 Å². The van der Waals surface area contributed by atoms with Gasteiger partial charge in [0.25, 0.3) is 5.89 Å². The second-order valence-corrected chi connectivity index (χ2v) is 7.56. The predicted octanol–water partition coefficient (Wildman–Crippen LogP) is 3.46. The minimum Gasteiger partial charge on any atom is -0.449 e. The number of likely N-dealkylation sites (tertiary alicyclic amines) is 1. The van der Waals surface area contributed by atoms with Gasteiger partial charge in [-0.1, -0.05) is 18.0 Å². The molecule has 1 aliphatic rings. The summed E-state index contributed by atoms with van der Waals surface area (Å²) in [4.78, 5) is 20.5. The third-order valence-corrected chi connectivity index (χ3v) is 5.36. The molecular formula is C18H26N4O3S. The summed E-state index contributed by atoms with van der Waals surface area (Å²) in [6, 6.07) is 4.19. The van der Waals surface area contributed by atoms with Gasteiger partial charge in [0.15, 0.2) is 5.82 Å². The number of nitrogens with zero attached hydrogens (tertiary/aromatic N) is 3. The van der Waals surface area contributed by atoms with Crippen LogP contribution in [0.25, 0.3) is 10.8 Å². The Morgan fingerprint density at radius 1 is 1.31 bits per heavy atom. The lowest BCUT2D eigenvalue weighted by molar-refractivity contribution is 0.147. The van der Waals surface area contributed by atoms with Crippen LogP contribution in [0.4, 0.5) is 4.79 Å². The van der Waals surface area contributed by atoms with Crippen LogP contribution in [0, 0.1) is 0 Å². The average Bonchev–Trinajstić information content (AvgIpc) is 3.20. The molecule has 2 aromatic heterocycles. The van der Waals surface area contributed by atoms with Gasteiger partial charge in [-0.25, -0.2) is 4.79 Å². The van der Waals surface area contributed by atoms with E-state index in [0.717, 1.165) is 11.4 Å². The summed E-state index contributed by atoms with van der Waals surface area (Å²) < 4.78 is 10.4. The largest absolute Gasteiger partial charge is 0.449 e. The standard InChI is InChI=1S/C18H26N4O3S/c1-2-19-18(23)24-12-9-16-20-17(25-21-16)15-8-7-14(26-15)13-22-10-5-3-4-6-11-22/h7-8H,2-6,9-13H2,1H3,(H,19,23). The van der Waals surface area contributed by atoms with E-state index in [9.17, 15) is 4.79 Å². The zero-order valence-corrected chi connectivity index (χ0v) is 16.0. The minimum absolute atomic E-state index is 0.232. The van der Waals surface area contributed by atoms with E-state index in [2.05, 4.69) is 26.4 Å². The molecule has 0 atom stereocenters. The number of alkyl carbamates (subject to hydrolysis) is 1. The molecule has 1 saturated heterocycles. The maximum absolute atomic E-state index is 11.2. The molecule has 142 valence electrons. The van der Waals surface area contributed by atoms with Crippen LogP contribution in [0.2, 0.25) is 0 Å². The molecule has 2 aromatic rings. The van der Waals surface area contributed by atoms with Crippen LogP contribution in [0.5, 0.6) is 0 Å². The number of thiophene rings is 1. The molecule has 7 nitrogen and oxygen atoms in total. The lowest BCUT2D eigenvalue weighted by Crippen LogP contribution is -2.24. The fourth-order valence-electron chi connectivity index (χ4n) is 2.98. The van der Waals surface area contributed by atoms with Crippen molar-refractivity contribution in [2.45, 2.75) is 45.6 Å². The van der Waals surface area contributed by atoms with E-state index in [-0.39, 0.29) is 6.61 Å². The first kappa shape index (κ1) is 18.8. The first-order valence-corrected chi connectivity index (χ1v) is 10.1. The summed E-state index contributed by atoms with van der Waals surface area (Å²) in [5.74, 6) is 1.08. The molecule has 0 aliphatic carbocycles. The number of carbonyl (C=O) groups is 1. The Bertz CT molecular complexity index is 692. The molecule has 3 rings (SSSR count). The Hall–Kier alpha value is -1.93. The van der Waals surface area contributed by atoms with Gasteiger partial charge < -0.3 is 14.6 Å². The first-order valence-electron chi connectivity index (χ1n) is 9.29. The number of hydrogen-bond acceptors (Lipinski definition) is 7. The zero-order chi connectivity index (χ0) is 18.2. The van der Waals surface area contributed by atoms with Crippen LogP contribution in [0.1, 0.15) is 43.3 Å². The summed E-state index contributed by atoms with van der Waals surface area (Å²) in [6.07, 6.45) is 5.30. The first-order chi connectivity index (χ1) is 12.7. The normalized spacial score (nSPS) is 15.6. The highest BCUT2D eigenvalue weighted by Gasteiger charge is 2.14. The van der Waals surface area contributed by atoms with Gasteiger partial charge in [-0.05, 0) is 45.0 Å². The molecule has 0 unspecified atom stereocenters. The Balaban J connectivity index is 1.51. The van der Waals surface area contributed by atoms with Crippen molar-refractivity contribution in [1.82, 2.24) is 20.4 Å². The summed E-state index contributed by atoms with van der Waals surface area (Å²) in [7, 11) is 0. The second kappa shape index (κ2) is 9.68. The molecule has 1 amide bonds. The molecule has 1 fully saturated rings. The molecule has 3 heterocycles. The van der Waals surface area contributed by atoms with Crippen LogP contribution in [-0.4, -0.2) is 47.4 Å². The van der Waals surface area contributed by atoms with Gasteiger partial charge in [-0.15, -0.1) is 11.3 Å². The van der Waals surface area contributed by atoms with E-state index in [1.54, 1.807) is 11.3 Å². The van der Waals surface area contributed by atoms with Crippen molar-refractivity contribution in [3.8, 4) is 10.8 Å². The molecule has 26 heavy (non-hydrogen) atoms. The number of rotatable bonds is 7. The summed E-state index contributed by atoms with van der Waals surface area (Å²) in [5, 5.41) is 6.55. The van der Waals surface area contributed by atoms with E-state index in [0.29, 0.717) is 24.7 Å². The Labute approximate surface area is 157 Å². The highest BCUT2D eigenvalue weighted by molar-refractivity contribution is 7.15. The summed E-state index contributed by atoms with van der Waals surface area (Å²) >= 11 is 1.70. The molecule has 0 bridgehead atoms. The quantitative estimate of drug-likeness (QED) is 0.795. The summed E-state index contributed by atoms with van der Waals surface area (Å²) in [6.45, 7) is 5.98. The lowest BCUT2D eigenvalue weighted by atomic mass is 10.2. The SMILES string of the molecule is CCNC(=O)OCCc1noc(-c2ccc(CN3CCCCCC3)s2)n1. The molecule has 8 heteroatoms. The molecule has 1 aliphatic heterocycles. The van der Waals surface area contributed by atoms with E-state index >= 15 is 0 Å². The van der Waals surface area contributed by atoms with E-state index in [1.165, 1.54) is 43.6 Å². The number of hydrogen-bond donors (Lipinski definition) is 1. The van der Waals surface area contributed by atoms with Crippen molar-refractivity contribution in [2.75, 3.05) is 26.2 Å². The van der Waals surface area contributed by atoms with Crippen LogP contribution in [-0.2, 0) is 17.7 Å². The number of ether oxygens (including phenoxy) is 1. The smallest absolute Gasteiger partial charge is 0.407 e. The number of nitrogens with one attached hydrogen (secondary N) is 1. The number of aromatic nitrogens is 2. The molecule has 1 N–H and O–H groups in total. The van der Waals surface area contributed by atoms with Gasteiger partial charge in [0, 0.05) is 24.4 Å². The topological polar surface area (TPSA) is 80.5 Å². The second-order valence-electron chi connectivity index (χ2n) is 6.39. The predicted molar refractivity (Wildman–Crippen MR) is 100 cm³/mol. The molecule has 0 saturated carbocycles. The molecule has 0 radical (unpaired) electrons. The van der Waals surface area contributed by atoms with Crippen molar-refractivity contribution < 1.29 is 14.1 Å². The molecular weight excluding hydrogens is 352 g/mol. The lowest BCUT2D eigenvalue weighted by Gasteiger charge is -2.18. The van der Waals surface area contributed by atoms with Crippen LogP contribution >= 0.6 is 11.3 Å². The van der Waals surface area contributed by atoms with Gasteiger partial charge in [0.2, 0.25) is 0 Å². The Morgan fingerprint density at radius 3 is 2.88 bits per heavy atom. The van der Waals surface area contributed by atoms with E-state index in [1.807, 2.05) is 13.0 Å². The third-order valence-electron chi connectivity index (χ3n) is 4.30. The third kappa shape index (κ3) is 5.54. The average molecular weight is 378 g/mol. The van der Waals surface area contributed by atoms with Crippen LogP contribution < -0.4 is 5.32 Å². The van der Waals surface area contributed by atoms with Crippen molar-refractivity contribution in [2.24, 2.45) is 0 Å². The van der Waals surface area contributed by atoms with Crippen molar-refractivity contribution in [3.05, 3.63) is 22.8 Å². The Kier molecular flexibility index (Phi) is 7.02. The summed E-state index contributed by atoms with van der Waals surface area (Å²) in [5.41, 5.74) is 0. The fraction of sp³-hybridized carbons (Fsp3) is 0.611. The van der Waals surface area contributed by atoms with Crippen LogP contribution in [0.3, 0.4) is 0 Å². The maximum Gasteiger partial charge on any atom is 0.407 e. The fourth-order valence-corrected chi connectivity index (χ4v) is 3.95. The highest BCUT2D eigenvalue weighted by Crippen LogP contribution is 2.28. The highest BCUT2D eigenvalue weighted by atomic mass is 32.1. The molecule has 0 spiro atoms. The van der Waals surface area contributed by atoms with Gasteiger partial charge in [-0.3, -0.25) is 4.90 Å². The number of amides is 1. The zero-order valence-electron chi connectivity index (χ0n) is 15.2. The minimum atomic E-state index is -0.423. The van der Waals surface area contributed by atoms with Crippen molar-refractivity contribution in [3.63, 3.8) is 0 Å². The van der Waals surface area contributed by atoms with Gasteiger partial charge in [0.05, 0.1) is 4.88 Å². The molecule has 0 aromatic carbocycles. The van der Waals surface area contributed by atoms with Crippen molar-refractivity contribution in [1.29, 1.82) is 0 Å². The van der Waals surface area contributed by atoms with Crippen LogP contribution in [0.15, 0.2) is 16.7 Å². The van der Waals surface area contributed by atoms with Gasteiger partial charge in [0.1, 0.15) is 6.61 Å². The monoisotopic (exact) mass is 378 g/mol. The Morgan fingerprint density at radius 2 is 2.12 bits per heavy atom. The van der Waals surface area contributed by atoms with Gasteiger partial charge >= 0.3 is 6.09 Å².